The van der Waals surface area contributed by atoms with Gasteiger partial charge >= 0.3 is 0 Å². The molecular formula is C26H28N4O4. The highest BCUT2D eigenvalue weighted by Gasteiger charge is 2.54. The van der Waals surface area contributed by atoms with Gasteiger partial charge < -0.3 is 19.4 Å². The SMILES string of the molecule is CCO[C@H]1[C@H](NC(=O)c2cccnc2)c2ccccc2C12CCN(C(=O)c1ocnc1C)CC2. The number of hydrogen-bond acceptors (Lipinski definition) is 6. The molecule has 5 rings (SSSR count). The molecule has 1 aromatic carbocycles. The van der Waals surface area contributed by atoms with Crippen LogP contribution in [0.1, 0.15) is 63.5 Å². The third kappa shape index (κ3) is 3.68. The number of aryl methyl sites for hydroxylation is 1. The Bertz CT molecular complexity index is 1180. The number of piperidine rings is 1. The van der Waals surface area contributed by atoms with E-state index in [1.807, 2.05) is 24.0 Å². The smallest absolute Gasteiger partial charge is 0.291 e. The van der Waals surface area contributed by atoms with Crippen LogP contribution in [0.3, 0.4) is 0 Å². The maximum absolute atomic E-state index is 13.1. The minimum atomic E-state index is -0.299. The predicted octanol–water partition coefficient (Wildman–Crippen LogP) is 3.44. The lowest BCUT2D eigenvalue weighted by Gasteiger charge is -2.44. The molecule has 0 radical (unpaired) electrons. The molecule has 2 atom stereocenters. The summed E-state index contributed by atoms with van der Waals surface area (Å²) in [6.45, 7) is 5.41. The lowest BCUT2D eigenvalue weighted by molar-refractivity contribution is -0.0308. The highest BCUT2D eigenvalue weighted by Crippen LogP contribution is 2.52. The lowest BCUT2D eigenvalue weighted by atomic mass is 9.71. The van der Waals surface area contributed by atoms with Gasteiger partial charge in [-0.1, -0.05) is 24.3 Å². The van der Waals surface area contributed by atoms with Crippen LogP contribution in [0.25, 0.3) is 0 Å². The number of rotatable bonds is 5. The Morgan fingerprint density at radius 1 is 1.21 bits per heavy atom. The molecule has 0 unspecified atom stereocenters. The van der Waals surface area contributed by atoms with Gasteiger partial charge in [0.25, 0.3) is 11.8 Å². The number of amides is 2. The molecule has 176 valence electrons. The molecule has 8 heteroatoms. The molecule has 2 amide bonds. The van der Waals surface area contributed by atoms with Gasteiger partial charge in [-0.2, -0.15) is 0 Å². The fourth-order valence-corrected chi connectivity index (χ4v) is 5.48. The molecule has 0 bridgehead atoms. The number of carbonyl (C=O) groups is 2. The number of hydrogen-bond donors (Lipinski definition) is 1. The van der Waals surface area contributed by atoms with Gasteiger partial charge in [0.1, 0.15) is 0 Å². The molecule has 1 aliphatic carbocycles. The molecule has 3 aromatic rings. The Morgan fingerprint density at radius 3 is 2.68 bits per heavy atom. The zero-order valence-electron chi connectivity index (χ0n) is 19.4. The van der Waals surface area contributed by atoms with Gasteiger partial charge in [-0.05, 0) is 49.9 Å². The maximum atomic E-state index is 13.1. The Morgan fingerprint density at radius 2 is 2.00 bits per heavy atom. The fraction of sp³-hybridized carbons (Fsp3) is 0.385. The quantitative estimate of drug-likeness (QED) is 0.626. The molecule has 8 nitrogen and oxygen atoms in total. The van der Waals surface area contributed by atoms with Crippen molar-refractivity contribution < 1.29 is 18.7 Å². The van der Waals surface area contributed by atoms with Crippen molar-refractivity contribution in [2.75, 3.05) is 19.7 Å². The predicted molar refractivity (Wildman–Crippen MR) is 124 cm³/mol. The molecule has 3 heterocycles. The molecule has 1 aliphatic heterocycles. The number of aromatic nitrogens is 2. The van der Waals surface area contributed by atoms with Crippen LogP contribution >= 0.6 is 0 Å². The van der Waals surface area contributed by atoms with Gasteiger partial charge in [0.15, 0.2) is 6.39 Å². The van der Waals surface area contributed by atoms with E-state index in [2.05, 4.69) is 27.4 Å². The second-order valence-electron chi connectivity index (χ2n) is 8.87. The van der Waals surface area contributed by atoms with Crippen LogP contribution in [-0.2, 0) is 10.2 Å². The number of nitrogens with zero attached hydrogens (tertiary/aromatic N) is 3. The van der Waals surface area contributed by atoms with E-state index < -0.39 is 0 Å². The Balaban J connectivity index is 1.43. The average Bonchev–Trinajstić information content (AvgIpc) is 3.41. The summed E-state index contributed by atoms with van der Waals surface area (Å²) in [6.07, 6.45) is 5.74. The van der Waals surface area contributed by atoms with Gasteiger partial charge in [-0.25, -0.2) is 4.98 Å². The van der Waals surface area contributed by atoms with E-state index in [0.717, 1.165) is 18.4 Å². The third-order valence-corrected chi connectivity index (χ3v) is 7.12. The van der Waals surface area contributed by atoms with Crippen LogP contribution in [0.2, 0.25) is 0 Å². The maximum Gasteiger partial charge on any atom is 0.291 e. The number of benzene rings is 1. The summed E-state index contributed by atoms with van der Waals surface area (Å²) in [4.78, 5) is 36.0. The summed E-state index contributed by atoms with van der Waals surface area (Å²) >= 11 is 0. The van der Waals surface area contributed by atoms with Gasteiger partial charge in [-0.3, -0.25) is 14.6 Å². The number of fused-ring (bicyclic) bond motifs is 2. The Hall–Kier alpha value is -3.52. The largest absolute Gasteiger partial charge is 0.438 e. The number of ether oxygens (including phenoxy) is 1. The number of oxazole rings is 1. The molecule has 1 fully saturated rings. The first-order valence-corrected chi connectivity index (χ1v) is 11.7. The fourth-order valence-electron chi connectivity index (χ4n) is 5.48. The van der Waals surface area contributed by atoms with Crippen LogP contribution in [-0.4, -0.2) is 52.5 Å². The summed E-state index contributed by atoms with van der Waals surface area (Å²) in [5.74, 6) is -0.0145. The summed E-state index contributed by atoms with van der Waals surface area (Å²) in [7, 11) is 0. The van der Waals surface area contributed by atoms with E-state index in [0.29, 0.717) is 36.7 Å². The number of pyridine rings is 1. The van der Waals surface area contributed by atoms with Crippen molar-refractivity contribution in [3.05, 3.63) is 83.3 Å². The van der Waals surface area contributed by atoms with Crippen LogP contribution in [0.5, 0.6) is 0 Å². The minimum Gasteiger partial charge on any atom is -0.438 e. The van der Waals surface area contributed by atoms with Gasteiger partial charge in [0, 0.05) is 37.5 Å². The Labute approximate surface area is 198 Å². The summed E-state index contributed by atoms with van der Waals surface area (Å²) in [5, 5.41) is 3.21. The van der Waals surface area contributed by atoms with Crippen LogP contribution in [0.15, 0.2) is 59.6 Å². The van der Waals surface area contributed by atoms with Crippen LogP contribution in [0.4, 0.5) is 0 Å². The minimum absolute atomic E-state index is 0.134. The summed E-state index contributed by atoms with van der Waals surface area (Å²) in [6, 6.07) is 11.4. The molecule has 34 heavy (non-hydrogen) atoms. The van der Waals surface area contributed by atoms with E-state index in [1.165, 1.54) is 12.0 Å². The summed E-state index contributed by atoms with van der Waals surface area (Å²) in [5.41, 5.74) is 3.07. The lowest BCUT2D eigenvalue weighted by Crippen LogP contribution is -2.52. The molecule has 2 aromatic heterocycles. The van der Waals surface area contributed by atoms with E-state index in [1.54, 1.807) is 31.5 Å². The first-order valence-electron chi connectivity index (χ1n) is 11.7. The first-order chi connectivity index (χ1) is 16.5. The molecule has 0 saturated carbocycles. The number of likely N-dealkylation sites (tertiary alicyclic amines) is 1. The number of nitrogens with one attached hydrogen (secondary N) is 1. The van der Waals surface area contributed by atoms with Gasteiger partial charge in [0.2, 0.25) is 5.76 Å². The topological polar surface area (TPSA) is 97.6 Å². The van der Waals surface area contributed by atoms with Crippen molar-refractivity contribution >= 4 is 11.8 Å². The van der Waals surface area contributed by atoms with Crippen molar-refractivity contribution in [3.63, 3.8) is 0 Å². The number of carbonyl (C=O) groups excluding carboxylic acids is 2. The van der Waals surface area contributed by atoms with Crippen molar-refractivity contribution in [3.8, 4) is 0 Å². The second-order valence-corrected chi connectivity index (χ2v) is 8.87. The standard InChI is InChI=1S/C26H28N4O4/c1-3-33-23-21(29-24(31)18-7-6-12-27-15-18)19-8-4-5-9-20(19)26(23)10-13-30(14-11-26)25(32)22-17(2)28-16-34-22/h4-9,12,15-16,21,23H,3,10-11,13-14H2,1-2H3,(H,29,31)/t21-,23+/m1/s1. The molecule has 2 aliphatic rings. The van der Waals surface area contributed by atoms with Crippen LogP contribution < -0.4 is 5.32 Å². The highest BCUT2D eigenvalue weighted by molar-refractivity contribution is 5.94. The third-order valence-electron chi connectivity index (χ3n) is 7.12. The zero-order valence-corrected chi connectivity index (χ0v) is 19.4. The zero-order chi connectivity index (χ0) is 23.7. The normalized spacial score (nSPS) is 20.8. The molecular weight excluding hydrogens is 432 g/mol. The van der Waals surface area contributed by atoms with E-state index in [4.69, 9.17) is 9.15 Å². The molecule has 1 spiro atoms. The van der Waals surface area contributed by atoms with E-state index in [9.17, 15) is 9.59 Å². The highest BCUT2D eigenvalue weighted by atomic mass is 16.5. The van der Waals surface area contributed by atoms with Gasteiger partial charge in [-0.15, -0.1) is 0 Å². The van der Waals surface area contributed by atoms with Crippen LogP contribution in [0, 0.1) is 6.92 Å². The first kappa shape index (κ1) is 22.3. The Kier molecular flexibility index (Phi) is 5.91. The van der Waals surface area contributed by atoms with Gasteiger partial charge in [0.05, 0.1) is 23.4 Å². The second kappa shape index (κ2) is 9.02. The summed E-state index contributed by atoms with van der Waals surface area (Å²) < 4.78 is 11.7. The molecule has 1 N–H and O–H groups in total. The van der Waals surface area contributed by atoms with Crippen molar-refractivity contribution in [1.29, 1.82) is 0 Å². The van der Waals surface area contributed by atoms with Crippen molar-refractivity contribution in [2.24, 2.45) is 0 Å². The van der Waals surface area contributed by atoms with Crippen molar-refractivity contribution in [2.45, 2.75) is 44.2 Å². The van der Waals surface area contributed by atoms with E-state index >= 15 is 0 Å². The monoisotopic (exact) mass is 460 g/mol. The van der Waals surface area contributed by atoms with Crippen molar-refractivity contribution in [1.82, 2.24) is 20.2 Å². The molecule has 1 saturated heterocycles. The average molecular weight is 461 g/mol. The van der Waals surface area contributed by atoms with E-state index in [-0.39, 0.29) is 29.4 Å².